The topological polar surface area (TPSA) is 59.3 Å². The Morgan fingerprint density at radius 2 is 2.39 bits per heavy atom. The molecule has 1 N–H and O–H groups in total. The quantitative estimate of drug-likeness (QED) is 0.695. The van der Waals surface area contributed by atoms with Crippen LogP contribution in [0.1, 0.15) is 22.3 Å². The lowest BCUT2D eigenvalue weighted by atomic mass is 10.3. The fraction of sp³-hybridized carbons (Fsp3) is 0.182. The second kappa shape index (κ2) is 5.45. The zero-order chi connectivity index (χ0) is 13.1. The smallest absolute Gasteiger partial charge is 0.266 e. The van der Waals surface area contributed by atoms with Crippen LogP contribution in [0.3, 0.4) is 0 Å². The Morgan fingerprint density at radius 1 is 1.61 bits per heavy atom. The van der Waals surface area contributed by atoms with Gasteiger partial charge in [0.15, 0.2) is 0 Å². The van der Waals surface area contributed by atoms with Gasteiger partial charge >= 0.3 is 0 Å². The third-order valence-corrected chi connectivity index (χ3v) is 3.87. The van der Waals surface area contributed by atoms with Crippen LogP contribution in [-0.2, 0) is 7.05 Å². The van der Waals surface area contributed by atoms with Crippen molar-refractivity contribution in [3.05, 3.63) is 38.8 Å². The highest BCUT2D eigenvalue weighted by molar-refractivity contribution is 9.10. The average molecular weight is 327 g/mol. The maximum absolute atomic E-state index is 11.9. The van der Waals surface area contributed by atoms with Crippen molar-refractivity contribution in [3.8, 4) is 0 Å². The molecule has 0 saturated carbocycles. The van der Waals surface area contributed by atoms with Gasteiger partial charge in [-0.05, 0) is 34.3 Å². The molecule has 0 aliphatic rings. The summed E-state index contributed by atoms with van der Waals surface area (Å²) in [5.41, 5.74) is 3.74. The van der Waals surface area contributed by atoms with Gasteiger partial charge in [-0.1, -0.05) is 6.07 Å². The number of aryl methyl sites for hydroxylation is 1. The molecular formula is C11H11BrN4OS. The first-order valence-electron chi connectivity index (χ1n) is 5.15. The van der Waals surface area contributed by atoms with Gasteiger partial charge < -0.3 is 0 Å². The van der Waals surface area contributed by atoms with Gasteiger partial charge in [0.05, 0.1) is 16.4 Å². The lowest BCUT2D eigenvalue weighted by molar-refractivity contribution is 0.0944. The minimum Gasteiger partial charge on any atom is -0.266 e. The molecule has 2 rings (SSSR count). The number of hydrazone groups is 1. The number of nitrogens with one attached hydrogen (secondary N) is 1. The van der Waals surface area contributed by atoms with Gasteiger partial charge in [0, 0.05) is 11.9 Å². The van der Waals surface area contributed by atoms with E-state index in [1.54, 1.807) is 24.6 Å². The number of amides is 1. The van der Waals surface area contributed by atoms with Crippen LogP contribution in [-0.4, -0.2) is 21.4 Å². The van der Waals surface area contributed by atoms with Crippen molar-refractivity contribution in [2.45, 2.75) is 6.92 Å². The number of nitrogens with zero attached hydrogens (tertiary/aromatic N) is 3. The fourth-order valence-corrected chi connectivity index (χ4v) is 2.60. The van der Waals surface area contributed by atoms with Crippen molar-refractivity contribution in [2.75, 3.05) is 0 Å². The predicted molar refractivity (Wildman–Crippen MR) is 74.9 cm³/mol. The number of carbonyl (C=O) groups excluding carboxylic acids is 1. The Hall–Kier alpha value is -1.47. The fourth-order valence-electron chi connectivity index (χ4n) is 1.39. The largest absolute Gasteiger partial charge is 0.290 e. The second-order valence-corrected chi connectivity index (χ2v) is 5.38. The number of aromatic nitrogens is 2. The summed E-state index contributed by atoms with van der Waals surface area (Å²) in [6.45, 7) is 1.85. The van der Waals surface area contributed by atoms with E-state index in [0.29, 0.717) is 10.2 Å². The van der Waals surface area contributed by atoms with E-state index in [9.17, 15) is 4.79 Å². The Kier molecular flexibility index (Phi) is 3.93. The minimum atomic E-state index is -0.294. The van der Waals surface area contributed by atoms with Gasteiger partial charge in [-0.15, -0.1) is 11.3 Å². The van der Waals surface area contributed by atoms with Gasteiger partial charge in [-0.2, -0.15) is 10.2 Å². The Morgan fingerprint density at radius 3 is 2.94 bits per heavy atom. The molecule has 0 unspecified atom stereocenters. The summed E-state index contributed by atoms with van der Waals surface area (Å²) in [7, 11) is 1.70. The molecule has 0 fully saturated rings. The lowest BCUT2D eigenvalue weighted by Gasteiger charge is -2.02. The molecule has 0 atom stereocenters. The maximum Gasteiger partial charge on any atom is 0.290 e. The molecular weight excluding hydrogens is 316 g/mol. The maximum atomic E-state index is 11.9. The highest BCUT2D eigenvalue weighted by Gasteiger charge is 2.14. The van der Waals surface area contributed by atoms with E-state index < -0.39 is 0 Å². The van der Waals surface area contributed by atoms with Crippen molar-refractivity contribution in [1.82, 2.24) is 15.2 Å². The second-order valence-electron chi connectivity index (χ2n) is 3.58. The molecule has 0 radical (unpaired) electrons. The van der Waals surface area contributed by atoms with Crippen LogP contribution in [0.5, 0.6) is 0 Å². The molecule has 0 aromatic carbocycles. The van der Waals surface area contributed by atoms with Crippen LogP contribution >= 0.6 is 27.3 Å². The lowest BCUT2D eigenvalue weighted by Crippen LogP contribution is -2.22. The normalized spacial score (nSPS) is 11.6. The van der Waals surface area contributed by atoms with Gasteiger partial charge in [-0.3, -0.25) is 9.48 Å². The Bertz CT molecular complexity index is 569. The predicted octanol–water partition coefficient (Wildman–Crippen LogP) is 2.40. The molecule has 0 bridgehead atoms. The van der Waals surface area contributed by atoms with Gasteiger partial charge in [0.1, 0.15) is 5.69 Å². The third kappa shape index (κ3) is 2.68. The van der Waals surface area contributed by atoms with E-state index in [4.69, 9.17) is 0 Å². The van der Waals surface area contributed by atoms with Crippen LogP contribution < -0.4 is 5.43 Å². The molecule has 0 saturated heterocycles. The van der Waals surface area contributed by atoms with Crippen molar-refractivity contribution >= 4 is 38.9 Å². The third-order valence-electron chi connectivity index (χ3n) is 2.31. The summed E-state index contributed by atoms with van der Waals surface area (Å²) in [4.78, 5) is 12.9. The summed E-state index contributed by atoms with van der Waals surface area (Å²) in [6, 6.07) is 3.90. The molecule has 0 aliphatic heterocycles. The summed E-state index contributed by atoms with van der Waals surface area (Å²) >= 11 is 4.85. The molecule has 0 spiro atoms. The average Bonchev–Trinajstić information content (AvgIpc) is 2.96. The van der Waals surface area contributed by atoms with Gasteiger partial charge in [0.2, 0.25) is 0 Å². The highest BCUT2D eigenvalue weighted by Crippen LogP contribution is 2.14. The summed E-state index contributed by atoms with van der Waals surface area (Å²) < 4.78 is 2.14. The first kappa shape index (κ1) is 13.0. The SMILES string of the molecule is C/C(=N/NC(=O)c1c(Br)cnn1C)c1cccs1. The van der Waals surface area contributed by atoms with E-state index in [1.165, 1.54) is 4.68 Å². The van der Waals surface area contributed by atoms with E-state index >= 15 is 0 Å². The molecule has 1 amide bonds. The first-order chi connectivity index (χ1) is 8.59. The van der Waals surface area contributed by atoms with E-state index in [0.717, 1.165) is 10.6 Å². The van der Waals surface area contributed by atoms with Crippen molar-refractivity contribution in [2.24, 2.45) is 12.1 Å². The van der Waals surface area contributed by atoms with Crippen LogP contribution in [0.4, 0.5) is 0 Å². The molecule has 94 valence electrons. The highest BCUT2D eigenvalue weighted by atomic mass is 79.9. The zero-order valence-electron chi connectivity index (χ0n) is 9.85. The number of hydrogen-bond acceptors (Lipinski definition) is 4. The molecule has 2 aromatic rings. The number of thiophene rings is 1. The van der Waals surface area contributed by atoms with Crippen LogP contribution in [0.15, 0.2) is 33.3 Å². The minimum absolute atomic E-state index is 0.294. The molecule has 5 nitrogen and oxygen atoms in total. The van der Waals surface area contributed by atoms with Crippen molar-refractivity contribution in [3.63, 3.8) is 0 Å². The van der Waals surface area contributed by atoms with Gasteiger partial charge in [0.25, 0.3) is 5.91 Å². The summed E-state index contributed by atoms with van der Waals surface area (Å²) in [5, 5.41) is 10.0. The number of hydrogen-bond donors (Lipinski definition) is 1. The van der Waals surface area contributed by atoms with Gasteiger partial charge in [-0.25, -0.2) is 5.43 Å². The van der Waals surface area contributed by atoms with Crippen molar-refractivity contribution < 1.29 is 4.79 Å². The summed E-state index contributed by atoms with van der Waals surface area (Å²) in [6.07, 6.45) is 1.57. The number of rotatable bonds is 3. The molecule has 2 aromatic heterocycles. The molecule has 18 heavy (non-hydrogen) atoms. The van der Waals surface area contributed by atoms with E-state index in [2.05, 4.69) is 31.6 Å². The van der Waals surface area contributed by atoms with Crippen molar-refractivity contribution in [1.29, 1.82) is 0 Å². The number of carbonyl (C=O) groups is 1. The molecule has 7 heteroatoms. The van der Waals surface area contributed by atoms with Crippen LogP contribution in [0.2, 0.25) is 0 Å². The first-order valence-corrected chi connectivity index (χ1v) is 6.83. The zero-order valence-corrected chi connectivity index (χ0v) is 12.2. The molecule has 0 aliphatic carbocycles. The Labute approximate surface area is 117 Å². The van der Waals surface area contributed by atoms with Crippen LogP contribution in [0.25, 0.3) is 0 Å². The number of halogens is 1. The standard InChI is InChI=1S/C11H11BrN4OS/c1-7(9-4-3-5-18-9)14-15-11(17)10-8(12)6-13-16(10)2/h3-6H,1-2H3,(H,15,17)/b14-7-. The monoisotopic (exact) mass is 326 g/mol. The van der Waals surface area contributed by atoms with E-state index in [1.807, 2.05) is 24.4 Å². The van der Waals surface area contributed by atoms with E-state index in [-0.39, 0.29) is 5.91 Å². The molecule has 2 heterocycles. The summed E-state index contributed by atoms with van der Waals surface area (Å²) in [5.74, 6) is -0.294. The van der Waals surface area contributed by atoms with Crippen LogP contribution in [0, 0.1) is 0 Å². The Balaban J connectivity index is 2.12.